The molecule has 5 heteroatoms. The van der Waals surface area contributed by atoms with Gasteiger partial charge in [0.25, 0.3) is 0 Å². The van der Waals surface area contributed by atoms with Gasteiger partial charge in [0.1, 0.15) is 11.8 Å². The highest BCUT2D eigenvalue weighted by Gasteiger charge is 2.26. The van der Waals surface area contributed by atoms with Gasteiger partial charge in [-0.3, -0.25) is 0 Å². The average molecular weight is 351 g/mol. The monoisotopic (exact) mass is 351 g/mol. The zero-order chi connectivity index (χ0) is 18.4. The summed E-state index contributed by atoms with van der Waals surface area (Å²) in [6, 6.07) is 15.7. The molecule has 3 rings (SSSR count). The molecule has 1 heterocycles. The Labute approximate surface area is 152 Å². The molecule has 0 unspecified atom stereocenters. The molecule has 0 saturated heterocycles. The van der Waals surface area contributed by atoms with Crippen molar-refractivity contribution >= 4 is 11.9 Å². The molecule has 0 radical (unpaired) electrons. The zero-order valence-corrected chi connectivity index (χ0v) is 14.6. The first-order valence-corrected chi connectivity index (χ1v) is 8.54. The van der Waals surface area contributed by atoms with Gasteiger partial charge in [0, 0.05) is 13.0 Å². The number of benzene rings is 2. The van der Waals surface area contributed by atoms with Crippen molar-refractivity contribution in [3.05, 3.63) is 78.0 Å². The first-order chi connectivity index (χ1) is 12.7. The Morgan fingerprint density at radius 2 is 1.81 bits per heavy atom. The third kappa shape index (κ3) is 4.30. The van der Waals surface area contributed by atoms with Crippen molar-refractivity contribution in [1.82, 2.24) is 4.90 Å². The lowest BCUT2D eigenvalue weighted by atomic mass is 10.0. The highest BCUT2D eigenvalue weighted by Crippen LogP contribution is 2.19. The van der Waals surface area contributed by atoms with E-state index < -0.39 is 5.97 Å². The highest BCUT2D eigenvalue weighted by molar-refractivity contribution is 5.90. The summed E-state index contributed by atoms with van der Waals surface area (Å²) in [7, 11) is 1.40. The number of esters is 2. The van der Waals surface area contributed by atoms with E-state index >= 15 is 0 Å². The minimum Gasteiger partial charge on any atom is -0.467 e. The molecule has 1 aliphatic heterocycles. The Hall–Kier alpha value is -3.08. The van der Waals surface area contributed by atoms with Crippen molar-refractivity contribution in [3.63, 3.8) is 0 Å². The van der Waals surface area contributed by atoms with E-state index in [0.717, 1.165) is 18.5 Å². The largest absolute Gasteiger partial charge is 0.467 e. The Kier molecular flexibility index (Phi) is 5.69. The van der Waals surface area contributed by atoms with Crippen LogP contribution in [-0.2, 0) is 16.0 Å². The number of carbonyl (C=O) groups excluding carboxylic acids is 2. The number of ether oxygens (including phenoxy) is 2. The van der Waals surface area contributed by atoms with Crippen LogP contribution in [0.3, 0.4) is 0 Å². The second-order valence-corrected chi connectivity index (χ2v) is 6.05. The first-order valence-electron chi connectivity index (χ1n) is 8.54. The van der Waals surface area contributed by atoms with E-state index in [2.05, 4.69) is 0 Å². The number of methoxy groups -OCH3 is 1. The number of rotatable bonds is 6. The number of carbonyl (C=O) groups is 2. The van der Waals surface area contributed by atoms with Crippen LogP contribution in [0.1, 0.15) is 22.3 Å². The highest BCUT2D eigenvalue weighted by atomic mass is 16.5. The predicted octanol–water partition coefficient (Wildman–Crippen LogP) is 3.21. The minimum atomic E-state index is -0.395. The van der Waals surface area contributed by atoms with E-state index in [-0.39, 0.29) is 12.0 Å². The lowest BCUT2D eigenvalue weighted by Crippen LogP contribution is -2.39. The van der Waals surface area contributed by atoms with Crippen LogP contribution in [0.4, 0.5) is 0 Å². The van der Waals surface area contributed by atoms with E-state index in [4.69, 9.17) is 9.47 Å². The third-order valence-electron chi connectivity index (χ3n) is 4.30. The number of nitrogens with zero attached hydrogens (tertiary/aromatic N) is 1. The van der Waals surface area contributed by atoms with Crippen molar-refractivity contribution in [2.45, 2.75) is 18.9 Å². The summed E-state index contributed by atoms with van der Waals surface area (Å²) < 4.78 is 10.3. The Balaban J connectivity index is 1.65. The van der Waals surface area contributed by atoms with Crippen LogP contribution in [-0.4, -0.2) is 36.5 Å². The van der Waals surface area contributed by atoms with Crippen molar-refractivity contribution in [2.24, 2.45) is 0 Å². The minimum absolute atomic E-state index is 0.254. The van der Waals surface area contributed by atoms with E-state index in [9.17, 15) is 9.59 Å². The maximum absolute atomic E-state index is 12.1. The molecule has 0 N–H and O–H groups in total. The van der Waals surface area contributed by atoms with Gasteiger partial charge in [0.15, 0.2) is 0 Å². The standard InChI is InChI=1S/C21H21NO4/c1-25-21(24)19(22-13-5-6-14-22)15-16-9-11-18(12-10-16)26-20(23)17-7-3-2-4-8-17/h2-5,7-13,19H,6,14-15H2,1H3/t19-/m0/s1. The average Bonchev–Trinajstić information content (AvgIpc) is 3.22. The zero-order valence-electron chi connectivity index (χ0n) is 14.6. The number of hydrogen-bond donors (Lipinski definition) is 0. The predicted molar refractivity (Wildman–Crippen MR) is 97.8 cm³/mol. The fraction of sp³-hybridized carbons (Fsp3) is 0.238. The smallest absolute Gasteiger partial charge is 0.343 e. The molecule has 0 fully saturated rings. The van der Waals surface area contributed by atoms with Crippen LogP contribution in [0.5, 0.6) is 5.75 Å². The van der Waals surface area contributed by atoms with E-state index in [1.807, 2.05) is 35.4 Å². The molecule has 1 aliphatic rings. The van der Waals surface area contributed by atoms with Crippen LogP contribution in [0.2, 0.25) is 0 Å². The molecular formula is C21H21NO4. The van der Waals surface area contributed by atoms with Crippen molar-refractivity contribution < 1.29 is 19.1 Å². The normalized spacial score (nSPS) is 14.1. The summed E-state index contributed by atoms with van der Waals surface area (Å²) in [6.45, 7) is 0.812. The van der Waals surface area contributed by atoms with Crippen LogP contribution < -0.4 is 4.74 Å². The molecule has 134 valence electrons. The van der Waals surface area contributed by atoms with E-state index in [0.29, 0.717) is 17.7 Å². The van der Waals surface area contributed by atoms with Gasteiger partial charge in [-0.05, 0) is 42.4 Å². The van der Waals surface area contributed by atoms with Gasteiger partial charge in [-0.2, -0.15) is 0 Å². The molecule has 0 bridgehead atoms. The fourth-order valence-corrected chi connectivity index (χ4v) is 2.90. The Bertz CT molecular complexity index is 783. The molecule has 0 amide bonds. The van der Waals surface area contributed by atoms with Crippen LogP contribution in [0.15, 0.2) is 66.9 Å². The van der Waals surface area contributed by atoms with Gasteiger partial charge in [-0.1, -0.05) is 36.4 Å². The summed E-state index contributed by atoms with van der Waals surface area (Å²) in [5.74, 6) is -0.178. The maximum atomic E-state index is 12.1. The van der Waals surface area contributed by atoms with Gasteiger partial charge in [-0.15, -0.1) is 0 Å². The van der Waals surface area contributed by atoms with E-state index in [1.54, 1.807) is 36.4 Å². The van der Waals surface area contributed by atoms with Gasteiger partial charge >= 0.3 is 11.9 Å². The van der Waals surface area contributed by atoms with Crippen molar-refractivity contribution in [1.29, 1.82) is 0 Å². The third-order valence-corrected chi connectivity index (χ3v) is 4.30. The lowest BCUT2D eigenvalue weighted by molar-refractivity contribution is -0.145. The van der Waals surface area contributed by atoms with Crippen LogP contribution in [0, 0.1) is 0 Å². The van der Waals surface area contributed by atoms with Gasteiger partial charge in [0.2, 0.25) is 0 Å². The molecule has 0 saturated carbocycles. The second kappa shape index (κ2) is 8.34. The Morgan fingerprint density at radius 3 is 2.42 bits per heavy atom. The maximum Gasteiger partial charge on any atom is 0.343 e. The number of hydrogen-bond acceptors (Lipinski definition) is 5. The summed E-state index contributed by atoms with van der Waals surface area (Å²) in [4.78, 5) is 26.2. The summed E-state index contributed by atoms with van der Waals surface area (Å²) >= 11 is 0. The summed E-state index contributed by atoms with van der Waals surface area (Å²) in [6.07, 6.45) is 5.45. The molecule has 0 aliphatic carbocycles. The van der Waals surface area contributed by atoms with Crippen LogP contribution >= 0.6 is 0 Å². The van der Waals surface area contributed by atoms with Gasteiger partial charge in [-0.25, -0.2) is 9.59 Å². The first kappa shape index (κ1) is 17.7. The van der Waals surface area contributed by atoms with Gasteiger partial charge < -0.3 is 14.4 Å². The molecule has 0 aromatic heterocycles. The molecule has 2 aromatic carbocycles. The molecular weight excluding hydrogens is 330 g/mol. The van der Waals surface area contributed by atoms with Gasteiger partial charge in [0.05, 0.1) is 12.7 Å². The molecule has 5 nitrogen and oxygen atoms in total. The molecule has 2 aromatic rings. The lowest BCUT2D eigenvalue weighted by Gasteiger charge is -2.25. The quantitative estimate of drug-likeness (QED) is 0.591. The SMILES string of the molecule is COC(=O)[C@H](Cc1ccc(OC(=O)c2ccccc2)cc1)N1C=CCC1. The van der Waals surface area contributed by atoms with E-state index in [1.165, 1.54) is 7.11 Å². The topological polar surface area (TPSA) is 55.8 Å². The summed E-state index contributed by atoms with van der Waals surface area (Å²) in [5.41, 5.74) is 1.48. The Morgan fingerprint density at radius 1 is 1.08 bits per heavy atom. The molecule has 0 spiro atoms. The van der Waals surface area contributed by atoms with Crippen molar-refractivity contribution in [2.75, 3.05) is 13.7 Å². The van der Waals surface area contributed by atoms with Crippen LogP contribution in [0.25, 0.3) is 0 Å². The fourth-order valence-electron chi connectivity index (χ4n) is 2.90. The summed E-state index contributed by atoms with van der Waals surface area (Å²) in [5, 5.41) is 0. The second-order valence-electron chi connectivity index (χ2n) is 6.05. The molecule has 1 atom stereocenters. The van der Waals surface area contributed by atoms with Crippen molar-refractivity contribution in [3.8, 4) is 5.75 Å². The molecule has 26 heavy (non-hydrogen) atoms.